The molecule has 0 aliphatic heterocycles. The van der Waals surface area contributed by atoms with Gasteiger partial charge in [0.1, 0.15) is 0 Å². The predicted octanol–water partition coefficient (Wildman–Crippen LogP) is 4.49. The summed E-state index contributed by atoms with van der Waals surface area (Å²) in [6.07, 6.45) is 5.79. The van der Waals surface area contributed by atoms with E-state index >= 15 is 0 Å². The third-order valence-corrected chi connectivity index (χ3v) is 4.81. The second-order valence-electron chi connectivity index (χ2n) is 7.10. The number of rotatable bonds is 5. The molecule has 1 N–H and O–H groups in total. The maximum absolute atomic E-state index is 11.4. The number of nitrogens with zero attached hydrogens (tertiary/aromatic N) is 2. The van der Waals surface area contributed by atoms with Gasteiger partial charge in [-0.2, -0.15) is 5.10 Å². The Bertz CT molecular complexity index is 676. The normalized spacial score (nSPS) is 18.5. The van der Waals surface area contributed by atoms with Gasteiger partial charge in [0.05, 0.1) is 17.5 Å². The lowest BCUT2D eigenvalue weighted by atomic mass is 10.1. The Hall–Kier alpha value is -2.10. The molecule has 1 heterocycles. The van der Waals surface area contributed by atoms with Crippen molar-refractivity contribution in [3.05, 3.63) is 53.3 Å². The van der Waals surface area contributed by atoms with Crippen LogP contribution in [0.2, 0.25) is 0 Å². The lowest BCUT2D eigenvalue weighted by Crippen LogP contribution is -2.19. The number of hydrogen-bond donors (Lipinski definition) is 1. The van der Waals surface area contributed by atoms with Gasteiger partial charge in [-0.05, 0) is 29.7 Å². The molecule has 1 fully saturated rings. The van der Waals surface area contributed by atoms with Crippen LogP contribution in [0.25, 0.3) is 0 Å². The highest BCUT2D eigenvalue weighted by atomic mass is 16.1. The fourth-order valence-electron chi connectivity index (χ4n) is 3.49. The molecule has 0 bridgehead atoms. The number of nitrogens with one attached hydrogen (secondary N) is 1. The van der Waals surface area contributed by atoms with Crippen molar-refractivity contribution in [2.24, 2.45) is 13.0 Å². The molecule has 1 amide bonds. The zero-order chi connectivity index (χ0) is 18.4. The lowest BCUT2D eigenvalue weighted by Gasteiger charge is -2.08. The fourth-order valence-corrected chi connectivity index (χ4v) is 3.49. The highest BCUT2D eigenvalue weighted by molar-refractivity contribution is 5.95. The van der Waals surface area contributed by atoms with Gasteiger partial charge >= 0.3 is 0 Å². The molecule has 2 atom stereocenters. The third kappa shape index (κ3) is 4.94. The van der Waals surface area contributed by atoms with Crippen LogP contribution in [-0.2, 0) is 7.05 Å². The molecule has 136 valence electrons. The zero-order valence-electron chi connectivity index (χ0n) is 16.1. The van der Waals surface area contributed by atoms with Crippen molar-refractivity contribution in [2.75, 3.05) is 7.05 Å². The SMILES string of the molecule is CCCC1CC1c1ccccc1.CNC(=O)c1cnn(C)c1C(C)C. The van der Waals surface area contributed by atoms with Gasteiger partial charge in [-0.15, -0.1) is 0 Å². The number of carbonyl (C=O) groups is 1. The lowest BCUT2D eigenvalue weighted by molar-refractivity contribution is 0.0961. The number of aromatic nitrogens is 2. The minimum absolute atomic E-state index is 0.0724. The number of amides is 1. The number of hydrogen-bond acceptors (Lipinski definition) is 2. The van der Waals surface area contributed by atoms with Gasteiger partial charge in [0.25, 0.3) is 5.91 Å². The molecule has 1 aliphatic rings. The number of benzene rings is 1. The Labute approximate surface area is 151 Å². The molecule has 1 aromatic heterocycles. The second kappa shape index (κ2) is 8.84. The van der Waals surface area contributed by atoms with E-state index in [-0.39, 0.29) is 5.91 Å². The van der Waals surface area contributed by atoms with Gasteiger partial charge < -0.3 is 5.32 Å². The molecule has 4 nitrogen and oxygen atoms in total. The van der Waals surface area contributed by atoms with Crippen molar-refractivity contribution in [2.45, 2.75) is 51.9 Å². The van der Waals surface area contributed by atoms with Gasteiger partial charge in [0, 0.05) is 14.1 Å². The molecule has 0 saturated heterocycles. The molecule has 1 saturated carbocycles. The highest BCUT2D eigenvalue weighted by Gasteiger charge is 2.36. The molecule has 2 unspecified atom stereocenters. The Balaban J connectivity index is 0.000000181. The van der Waals surface area contributed by atoms with Crippen LogP contribution >= 0.6 is 0 Å². The molecular weight excluding hydrogens is 310 g/mol. The fraction of sp³-hybridized carbons (Fsp3) is 0.524. The van der Waals surface area contributed by atoms with Crippen LogP contribution in [0.15, 0.2) is 36.5 Å². The summed E-state index contributed by atoms with van der Waals surface area (Å²) in [6, 6.07) is 10.9. The minimum atomic E-state index is -0.0724. The first-order valence-corrected chi connectivity index (χ1v) is 9.28. The quantitative estimate of drug-likeness (QED) is 0.871. The van der Waals surface area contributed by atoms with Gasteiger partial charge in [-0.3, -0.25) is 9.48 Å². The van der Waals surface area contributed by atoms with Gasteiger partial charge in [0.2, 0.25) is 0 Å². The zero-order valence-corrected chi connectivity index (χ0v) is 16.1. The Morgan fingerprint density at radius 1 is 1.32 bits per heavy atom. The van der Waals surface area contributed by atoms with E-state index in [1.165, 1.54) is 19.3 Å². The summed E-state index contributed by atoms with van der Waals surface area (Å²) >= 11 is 0. The summed E-state index contributed by atoms with van der Waals surface area (Å²) in [5.41, 5.74) is 3.19. The smallest absolute Gasteiger partial charge is 0.254 e. The van der Waals surface area contributed by atoms with Crippen LogP contribution in [0, 0.1) is 5.92 Å². The van der Waals surface area contributed by atoms with Crippen molar-refractivity contribution < 1.29 is 4.79 Å². The average Bonchev–Trinajstić information content (AvgIpc) is 3.27. The Morgan fingerprint density at radius 3 is 2.56 bits per heavy atom. The summed E-state index contributed by atoms with van der Waals surface area (Å²) in [4.78, 5) is 11.4. The summed E-state index contributed by atoms with van der Waals surface area (Å²) in [7, 11) is 3.47. The minimum Gasteiger partial charge on any atom is -0.355 e. The van der Waals surface area contributed by atoms with Crippen molar-refractivity contribution in [3.63, 3.8) is 0 Å². The van der Waals surface area contributed by atoms with Gasteiger partial charge in [0.15, 0.2) is 0 Å². The van der Waals surface area contributed by atoms with Crippen molar-refractivity contribution in [1.82, 2.24) is 15.1 Å². The monoisotopic (exact) mass is 341 g/mol. The Kier molecular flexibility index (Phi) is 6.80. The standard InChI is InChI=1S/C12H16.C9H15N3O/c1-2-6-11-9-12(11)10-7-4-3-5-8-10;1-6(2)8-7(9(13)10-3)5-11-12(8)4/h3-5,7-8,11-12H,2,6,9H2,1H3;5-6H,1-4H3,(H,10,13). The van der Waals surface area contributed by atoms with Crippen LogP contribution in [0.4, 0.5) is 0 Å². The first-order valence-electron chi connectivity index (χ1n) is 9.28. The van der Waals surface area contributed by atoms with Crippen LogP contribution in [0.1, 0.15) is 73.5 Å². The summed E-state index contributed by atoms with van der Waals surface area (Å²) in [5, 5.41) is 6.66. The molecular formula is C21H31N3O. The topological polar surface area (TPSA) is 46.9 Å². The molecule has 2 aromatic rings. The molecule has 0 radical (unpaired) electrons. The van der Waals surface area contributed by atoms with Crippen LogP contribution in [0.5, 0.6) is 0 Å². The van der Waals surface area contributed by atoms with Crippen molar-refractivity contribution >= 4 is 5.91 Å². The maximum atomic E-state index is 11.4. The first kappa shape index (κ1) is 19.2. The molecule has 3 rings (SSSR count). The largest absolute Gasteiger partial charge is 0.355 e. The second-order valence-corrected chi connectivity index (χ2v) is 7.10. The number of aryl methyl sites for hydroxylation is 1. The summed E-state index contributed by atoms with van der Waals surface area (Å²) < 4.78 is 1.75. The molecule has 25 heavy (non-hydrogen) atoms. The molecule has 1 aromatic carbocycles. The summed E-state index contributed by atoms with van der Waals surface area (Å²) in [5.74, 6) is 2.13. The van der Waals surface area contributed by atoms with E-state index in [2.05, 4.69) is 47.7 Å². The highest BCUT2D eigenvalue weighted by Crippen LogP contribution is 2.49. The molecule has 4 heteroatoms. The maximum Gasteiger partial charge on any atom is 0.254 e. The number of carbonyl (C=O) groups excluding carboxylic acids is 1. The van der Waals surface area contributed by atoms with E-state index in [1.54, 1.807) is 23.5 Å². The van der Waals surface area contributed by atoms with Crippen LogP contribution in [0.3, 0.4) is 0 Å². The predicted molar refractivity (Wildman–Crippen MR) is 103 cm³/mol. The van der Waals surface area contributed by atoms with E-state index in [4.69, 9.17) is 0 Å². The molecule has 0 spiro atoms. The van der Waals surface area contributed by atoms with E-state index in [0.717, 1.165) is 17.5 Å². The van der Waals surface area contributed by atoms with E-state index in [1.807, 2.05) is 20.9 Å². The van der Waals surface area contributed by atoms with Crippen LogP contribution in [-0.4, -0.2) is 22.7 Å². The van der Waals surface area contributed by atoms with Crippen LogP contribution < -0.4 is 5.32 Å². The van der Waals surface area contributed by atoms with Gasteiger partial charge in [-0.25, -0.2) is 0 Å². The van der Waals surface area contributed by atoms with E-state index in [9.17, 15) is 4.79 Å². The van der Waals surface area contributed by atoms with E-state index < -0.39 is 0 Å². The Morgan fingerprint density at radius 2 is 2.00 bits per heavy atom. The molecule has 1 aliphatic carbocycles. The first-order chi connectivity index (χ1) is 12.0. The average molecular weight is 341 g/mol. The van der Waals surface area contributed by atoms with Crippen molar-refractivity contribution in [1.29, 1.82) is 0 Å². The van der Waals surface area contributed by atoms with Gasteiger partial charge in [-0.1, -0.05) is 63.9 Å². The third-order valence-electron chi connectivity index (χ3n) is 4.81. The summed E-state index contributed by atoms with van der Waals surface area (Å²) in [6.45, 7) is 6.37. The van der Waals surface area contributed by atoms with E-state index in [0.29, 0.717) is 11.5 Å². The van der Waals surface area contributed by atoms with Crippen molar-refractivity contribution in [3.8, 4) is 0 Å².